The lowest BCUT2D eigenvalue weighted by Gasteiger charge is -2.22. The first kappa shape index (κ1) is 20.2. The first-order valence-corrected chi connectivity index (χ1v) is 8.55. The Balaban J connectivity index is 2.01. The first-order valence-electron chi connectivity index (χ1n) is 8.55. The summed E-state index contributed by atoms with van der Waals surface area (Å²) in [6, 6.07) is 3.97. The topological polar surface area (TPSA) is 140 Å². The number of carbonyl (C=O) groups excluding carboxylic acids is 4. The molecule has 1 aliphatic rings. The maximum absolute atomic E-state index is 12.5. The van der Waals surface area contributed by atoms with Crippen LogP contribution in [0.1, 0.15) is 49.5 Å². The number of amides is 4. The van der Waals surface area contributed by atoms with E-state index in [4.69, 9.17) is 10.5 Å². The fraction of sp³-hybridized carbons (Fsp3) is 0.444. The van der Waals surface area contributed by atoms with Gasteiger partial charge in [0.05, 0.1) is 5.56 Å². The van der Waals surface area contributed by atoms with E-state index in [1.54, 1.807) is 32.9 Å². The summed E-state index contributed by atoms with van der Waals surface area (Å²) in [4.78, 5) is 47.2. The minimum atomic E-state index is -0.793. The van der Waals surface area contributed by atoms with Crippen molar-refractivity contribution in [3.05, 3.63) is 29.3 Å². The molecule has 1 atom stereocenters. The Morgan fingerprint density at radius 3 is 2.63 bits per heavy atom. The van der Waals surface area contributed by atoms with Crippen LogP contribution >= 0.6 is 0 Å². The van der Waals surface area contributed by atoms with Crippen LogP contribution in [-0.2, 0) is 20.9 Å². The highest BCUT2D eigenvalue weighted by molar-refractivity contribution is 6.05. The number of nitrogen functional groups attached to an aromatic ring is 1. The Labute approximate surface area is 157 Å². The van der Waals surface area contributed by atoms with Crippen LogP contribution < -0.4 is 21.7 Å². The van der Waals surface area contributed by atoms with E-state index in [-0.39, 0.29) is 36.5 Å². The zero-order chi connectivity index (χ0) is 20.2. The Morgan fingerprint density at radius 1 is 1.30 bits per heavy atom. The largest absolute Gasteiger partial charge is 0.444 e. The van der Waals surface area contributed by atoms with E-state index in [2.05, 4.69) is 16.0 Å². The summed E-state index contributed by atoms with van der Waals surface area (Å²) in [5.74, 6) is -1.43. The number of anilines is 1. The summed E-state index contributed by atoms with van der Waals surface area (Å²) in [7, 11) is 0. The molecular formula is C18H24N4O5. The molecule has 5 N–H and O–H groups in total. The van der Waals surface area contributed by atoms with Crippen molar-refractivity contribution in [2.45, 2.75) is 51.8 Å². The van der Waals surface area contributed by atoms with Gasteiger partial charge in [-0.3, -0.25) is 19.7 Å². The quantitative estimate of drug-likeness (QED) is 0.453. The predicted molar refractivity (Wildman–Crippen MR) is 97.6 cm³/mol. The van der Waals surface area contributed by atoms with Crippen molar-refractivity contribution in [3.8, 4) is 0 Å². The fourth-order valence-electron chi connectivity index (χ4n) is 2.47. The molecule has 1 fully saturated rings. The molecule has 1 heterocycles. The Kier molecular flexibility index (Phi) is 6.04. The molecule has 146 valence electrons. The zero-order valence-electron chi connectivity index (χ0n) is 15.5. The highest BCUT2D eigenvalue weighted by Crippen LogP contribution is 2.16. The summed E-state index contributed by atoms with van der Waals surface area (Å²) in [5, 5.41) is 7.35. The van der Waals surface area contributed by atoms with Gasteiger partial charge in [0.2, 0.25) is 11.8 Å². The van der Waals surface area contributed by atoms with Gasteiger partial charge in [-0.15, -0.1) is 0 Å². The van der Waals surface area contributed by atoms with Crippen molar-refractivity contribution in [2.75, 3.05) is 5.73 Å². The lowest BCUT2D eigenvalue weighted by Crippen LogP contribution is -2.52. The molecule has 0 aliphatic carbocycles. The van der Waals surface area contributed by atoms with Crippen molar-refractivity contribution in [2.24, 2.45) is 0 Å². The van der Waals surface area contributed by atoms with Gasteiger partial charge in [0.25, 0.3) is 5.91 Å². The number of rotatable bonds is 4. The third kappa shape index (κ3) is 5.98. The van der Waals surface area contributed by atoms with Crippen molar-refractivity contribution in [1.29, 1.82) is 0 Å². The monoisotopic (exact) mass is 376 g/mol. The molecule has 1 unspecified atom stereocenters. The van der Waals surface area contributed by atoms with E-state index in [9.17, 15) is 19.2 Å². The number of carbonyl (C=O) groups is 4. The molecule has 9 nitrogen and oxygen atoms in total. The van der Waals surface area contributed by atoms with Crippen molar-refractivity contribution in [3.63, 3.8) is 0 Å². The van der Waals surface area contributed by atoms with Crippen LogP contribution in [0.25, 0.3) is 0 Å². The Morgan fingerprint density at radius 2 is 2.00 bits per heavy atom. The van der Waals surface area contributed by atoms with Crippen molar-refractivity contribution < 1.29 is 23.9 Å². The van der Waals surface area contributed by atoms with Gasteiger partial charge in [0, 0.05) is 18.7 Å². The lowest BCUT2D eigenvalue weighted by atomic mass is 10.0. The second-order valence-corrected chi connectivity index (χ2v) is 7.25. The van der Waals surface area contributed by atoms with Crippen LogP contribution in [0.2, 0.25) is 0 Å². The van der Waals surface area contributed by atoms with Gasteiger partial charge < -0.3 is 21.1 Å². The van der Waals surface area contributed by atoms with Gasteiger partial charge in [-0.1, -0.05) is 6.07 Å². The Hall–Kier alpha value is -3.10. The maximum atomic E-state index is 12.5. The van der Waals surface area contributed by atoms with E-state index in [0.29, 0.717) is 5.56 Å². The standard InChI is InChI=1S/C18H24N4O5/c1-18(2,3)27-17(26)20-9-10-4-5-12(19)11(8-10)15(24)21-13-6-7-14(23)22-16(13)25/h4-5,8,13H,6-7,9,19H2,1-3H3,(H,20,26)(H,21,24)(H,22,23,25). The molecule has 0 radical (unpaired) electrons. The second-order valence-electron chi connectivity index (χ2n) is 7.25. The lowest BCUT2D eigenvalue weighted by molar-refractivity contribution is -0.134. The summed E-state index contributed by atoms with van der Waals surface area (Å²) in [6.07, 6.45) is -0.184. The highest BCUT2D eigenvalue weighted by atomic mass is 16.6. The molecule has 1 aliphatic heterocycles. The third-order valence-electron chi connectivity index (χ3n) is 3.74. The van der Waals surface area contributed by atoms with Crippen molar-refractivity contribution in [1.82, 2.24) is 16.0 Å². The van der Waals surface area contributed by atoms with E-state index in [0.717, 1.165) is 0 Å². The van der Waals surface area contributed by atoms with Crippen LogP contribution in [0.4, 0.5) is 10.5 Å². The van der Waals surface area contributed by atoms with Crippen molar-refractivity contribution >= 4 is 29.5 Å². The molecule has 27 heavy (non-hydrogen) atoms. The number of nitrogens with two attached hydrogens (primary N) is 1. The minimum absolute atomic E-state index is 0.147. The van der Waals surface area contributed by atoms with Gasteiger partial charge >= 0.3 is 6.09 Å². The summed E-state index contributed by atoms with van der Waals surface area (Å²) >= 11 is 0. The van der Waals surface area contributed by atoms with E-state index in [1.165, 1.54) is 6.07 Å². The summed E-state index contributed by atoms with van der Waals surface area (Å²) in [5.41, 5.74) is 6.31. The van der Waals surface area contributed by atoms with E-state index < -0.39 is 29.6 Å². The predicted octanol–water partition coefficient (Wildman–Crippen LogP) is 0.829. The number of imide groups is 1. The molecule has 1 aromatic rings. The SMILES string of the molecule is CC(C)(C)OC(=O)NCc1ccc(N)c(C(=O)NC2CCC(=O)NC2=O)c1. The minimum Gasteiger partial charge on any atom is -0.444 e. The average Bonchev–Trinajstić information content (AvgIpc) is 2.55. The first-order chi connectivity index (χ1) is 12.5. The molecule has 0 bridgehead atoms. The molecule has 4 amide bonds. The van der Waals surface area contributed by atoms with Crippen LogP contribution in [0, 0.1) is 0 Å². The summed E-state index contributed by atoms with van der Waals surface area (Å²) in [6.45, 7) is 5.42. The van der Waals surface area contributed by atoms with Gasteiger partial charge in [-0.25, -0.2) is 4.79 Å². The van der Waals surface area contributed by atoms with Crippen LogP contribution in [0.5, 0.6) is 0 Å². The van der Waals surface area contributed by atoms with Gasteiger partial charge in [-0.05, 0) is 44.9 Å². The van der Waals surface area contributed by atoms with Crippen LogP contribution in [0.15, 0.2) is 18.2 Å². The molecule has 1 aromatic carbocycles. The molecule has 1 saturated heterocycles. The van der Waals surface area contributed by atoms with Crippen LogP contribution in [0.3, 0.4) is 0 Å². The van der Waals surface area contributed by atoms with E-state index in [1.807, 2.05) is 0 Å². The average molecular weight is 376 g/mol. The number of hydrogen-bond donors (Lipinski definition) is 4. The number of benzene rings is 1. The Bertz CT molecular complexity index is 770. The second kappa shape index (κ2) is 8.07. The molecule has 9 heteroatoms. The highest BCUT2D eigenvalue weighted by Gasteiger charge is 2.28. The smallest absolute Gasteiger partial charge is 0.407 e. The summed E-state index contributed by atoms with van der Waals surface area (Å²) < 4.78 is 5.16. The molecule has 2 rings (SSSR count). The number of hydrogen-bond acceptors (Lipinski definition) is 6. The molecular weight excluding hydrogens is 352 g/mol. The van der Waals surface area contributed by atoms with Gasteiger partial charge in [-0.2, -0.15) is 0 Å². The number of alkyl carbamates (subject to hydrolysis) is 1. The fourth-order valence-corrected chi connectivity index (χ4v) is 2.47. The number of nitrogens with one attached hydrogen (secondary N) is 3. The van der Waals surface area contributed by atoms with Crippen LogP contribution in [-0.4, -0.2) is 35.5 Å². The molecule has 0 aromatic heterocycles. The molecule has 0 saturated carbocycles. The third-order valence-corrected chi connectivity index (χ3v) is 3.74. The zero-order valence-corrected chi connectivity index (χ0v) is 15.5. The number of piperidine rings is 1. The molecule has 0 spiro atoms. The normalized spacial score (nSPS) is 17.1. The maximum Gasteiger partial charge on any atom is 0.407 e. The number of ether oxygens (including phenoxy) is 1. The van der Waals surface area contributed by atoms with Gasteiger partial charge in [0.15, 0.2) is 0 Å². The van der Waals surface area contributed by atoms with Gasteiger partial charge in [0.1, 0.15) is 11.6 Å². The van der Waals surface area contributed by atoms with E-state index >= 15 is 0 Å².